The molecule has 8 heteroatoms. The number of amides is 2. The van der Waals surface area contributed by atoms with Crippen LogP contribution in [0.5, 0.6) is 0 Å². The Kier molecular flexibility index (Phi) is 6.67. The number of oxime groups is 1. The summed E-state index contributed by atoms with van der Waals surface area (Å²) in [5, 5.41) is 8.79. The standard InChI is InChI=1S/C12H12ClN3O4/c1-2-20-16-12(19-8-7-17)15-11(18)14-10-5-3-9(13)4-6-10/h3-6,8H,2H2,1H3,(H2,14,15,16,18). The average molecular weight is 298 g/mol. The molecule has 0 unspecified atom stereocenters. The van der Waals surface area contributed by atoms with Crippen molar-refractivity contribution in [2.24, 2.45) is 5.16 Å². The molecule has 0 aromatic heterocycles. The van der Waals surface area contributed by atoms with E-state index in [1.807, 2.05) is 0 Å². The molecule has 20 heavy (non-hydrogen) atoms. The van der Waals surface area contributed by atoms with Gasteiger partial charge < -0.3 is 14.9 Å². The van der Waals surface area contributed by atoms with Gasteiger partial charge in [0.05, 0.1) is 0 Å². The lowest BCUT2D eigenvalue weighted by Crippen LogP contribution is -2.35. The highest BCUT2D eigenvalue weighted by Gasteiger charge is 2.07. The molecule has 0 aliphatic rings. The minimum atomic E-state index is -0.620. The van der Waals surface area contributed by atoms with E-state index in [1.54, 1.807) is 31.2 Å². The maximum atomic E-state index is 11.7. The zero-order valence-electron chi connectivity index (χ0n) is 10.6. The molecule has 0 atom stereocenters. The average Bonchev–Trinajstić information content (AvgIpc) is 2.44. The molecule has 2 amide bonds. The van der Waals surface area contributed by atoms with E-state index in [-0.39, 0.29) is 12.6 Å². The quantitative estimate of drug-likeness (QED) is 0.293. The summed E-state index contributed by atoms with van der Waals surface area (Å²) < 4.78 is 4.70. The van der Waals surface area contributed by atoms with E-state index in [0.29, 0.717) is 17.0 Å². The van der Waals surface area contributed by atoms with Gasteiger partial charge in [-0.25, -0.2) is 9.59 Å². The summed E-state index contributed by atoms with van der Waals surface area (Å²) in [4.78, 5) is 26.4. The Morgan fingerprint density at radius 1 is 1.45 bits per heavy atom. The van der Waals surface area contributed by atoms with Gasteiger partial charge in [0.25, 0.3) is 0 Å². The van der Waals surface area contributed by atoms with Gasteiger partial charge in [0.2, 0.25) is 0 Å². The van der Waals surface area contributed by atoms with Gasteiger partial charge >= 0.3 is 12.1 Å². The van der Waals surface area contributed by atoms with Gasteiger partial charge in [-0.05, 0) is 36.3 Å². The first kappa shape index (κ1) is 15.6. The molecule has 0 spiro atoms. The van der Waals surface area contributed by atoms with Crippen LogP contribution in [-0.4, -0.2) is 24.6 Å². The summed E-state index contributed by atoms with van der Waals surface area (Å²) in [5.74, 6) is 1.38. The molecule has 0 fully saturated rings. The van der Waals surface area contributed by atoms with Crippen molar-refractivity contribution in [3.05, 3.63) is 35.6 Å². The van der Waals surface area contributed by atoms with Crippen LogP contribution >= 0.6 is 11.6 Å². The summed E-state index contributed by atoms with van der Waals surface area (Å²) in [5.41, 5.74) is 0.522. The molecule has 0 radical (unpaired) electrons. The van der Waals surface area contributed by atoms with Crippen LogP contribution in [0.25, 0.3) is 0 Å². The van der Waals surface area contributed by atoms with Gasteiger partial charge in [-0.1, -0.05) is 11.6 Å². The van der Waals surface area contributed by atoms with Crippen molar-refractivity contribution < 1.29 is 19.2 Å². The number of carbonyl (C=O) groups excluding carboxylic acids is 2. The summed E-state index contributed by atoms with van der Waals surface area (Å²) in [6, 6.07) is 5.57. The van der Waals surface area contributed by atoms with Crippen molar-refractivity contribution in [1.29, 1.82) is 0 Å². The number of benzene rings is 1. The first-order valence-corrected chi connectivity index (χ1v) is 5.93. The fourth-order valence-corrected chi connectivity index (χ4v) is 1.20. The molecule has 0 heterocycles. The fourth-order valence-electron chi connectivity index (χ4n) is 1.07. The summed E-state index contributed by atoms with van der Waals surface area (Å²) in [6.07, 6.45) is 0.695. The number of rotatable bonds is 4. The van der Waals surface area contributed by atoms with Gasteiger partial charge in [0, 0.05) is 10.7 Å². The maximum Gasteiger partial charge on any atom is 0.337 e. The third-order valence-corrected chi connectivity index (χ3v) is 2.07. The number of nitrogens with one attached hydrogen (secondary N) is 2. The van der Waals surface area contributed by atoms with Crippen molar-refractivity contribution in [2.75, 3.05) is 11.9 Å². The molecule has 106 valence electrons. The molecule has 1 aromatic rings. The predicted octanol–water partition coefficient (Wildman–Crippen LogP) is 2.13. The second-order valence-corrected chi connectivity index (χ2v) is 3.69. The fraction of sp³-hybridized carbons (Fsp3) is 0.167. The van der Waals surface area contributed by atoms with E-state index in [0.717, 1.165) is 0 Å². The van der Waals surface area contributed by atoms with Crippen molar-refractivity contribution in [3.63, 3.8) is 0 Å². The lowest BCUT2D eigenvalue weighted by atomic mass is 10.3. The number of carbonyl (C=O) groups is 1. The Morgan fingerprint density at radius 3 is 2.75 bits per heavy atom. The van der Waals surface area contributed by atoms with Crippen LogP contribution in [0.15, 0.2) is 35.7 Å². The third kappa shape index (κ3) is 5.90. The van der Waals surface area contributed by atoms with Crippen molar-refractivity contribution in [1.82, 2.24) is 5.32 Å². The number of urea groups is 1. The van der Waals surface area contributed by atoms with Crippen LogP contribution in [0.3, 0.4) is 0 Å². The van der Waals surface area contributed by atoms with E-state index in [1.165, 1.54) is 5.94 Å². The Bertz CT molecular complexity index is 524. The normalized spacial score (nSPS) is 10.2. The molecule has 0 aliphatic heterocycles. The Balaban J connectivity index is 2.60. The minimum Gasteiger partial charge on any atom is -0.420 e. The lowest BCUT2D eigenvalue weighted by Gasteiger charge is -2.08. The lowest BCUT2D eigenvalue weighted by molar-refractivity contribution is 0.149. The van der Waals surface area contributed by atoms with Crippen molar-refractivity contribution in [2.45, 2.75) is 6.92 Å². The van der Waals surface area contributed by atoms with E-state index >= 15 is 0 Å². The zero-order valence-corrected chi connectivity index (χ0v) is 11.3. The topological polar surface area (TPSA) is 89.0 Å². The Labute approximate surface area is 120 Å². The first-order chi connectivity index (χ1) is 9.65. The second-order valence-electron chi connectivity index (χ2n) is 3.25. The zero-order chi connectivity index (χ0) is 14.8. The van der Waals surface area contributed by atoms with Crippen LogP contribution in [0.2, 0.25) is 5.02 Å². The number of nitrogens with zero attached hydrogens (tertiary/aromatic N) is 1. The Morgan fingerprint density at radius 2 is 2.15 bits per heavy atom. The monoisotopic (exact) mass is 297 g/mol. The summed E-state index contributed by atoms with van der Waals surface area (Å²) in [6.45, 7) is 1.97. The molecule has 0 aliphatic carbocycles. The van der Waals surface area contributed by atoms with Crippen LogP contribution < -0.4 is 10.6 Å². The molecule has 1 aromatic carbocycles. The van der Waals surface area contributed by atoms with Crippen LogP contribution in [0, 0.1) is 0 Å². The molecular weight excluding hydrogens is 286 g/mol. The number of amidine groups is 1. The van der Waals surface area contributed by atoms with Crippen molar-refractivity contribution in [3.8, 4) is 0 Å². The highest BCUT2D eigenvalue weighted by molar-refractivity contribution is 6.30. The summed E-state index contributed by atoms with van der Waals surface area (Å²) >= 11 is 5.72. The van der Waals surface area contributed by atoms with E-state index in [9.17, 15) is 9.59 Å². The van der Waals surface area contributed by atoms with Gasteiger partial charge in [-0.3, -0.25) is 5.32 Å². The van der Waals surface area contributed by atoms with Gasteiger partial charge in [0.1, 0.15) is 6.61 Å². The molecule has 0 saturated heterocycles. The molecule has 7 nitrogen and oxygen atoms in total. The number of hydrogen-bond acceptors (Lipinski definition) is 5. The molecular formula is C12H12ClN3O4. The number of anilines is 1. The number of ether oxygens (including phenoxy) is 1. The molecule has 0 saturated carbocycles. The molecule has 1 rings (SSSR count). The Hall–Kier alpha value is -2.50. The maximum absolute atomic E-state index is 11.7. The molecule has 2 N–H and O–H groups in total. The van der Waals surface area contributed by atoms with Gasteiger partial charge in [-0.2, -0.15) is 0 Å². The number of halogens is 1. The number of hydrogen-bond donors (Lipinski definition) is 2. The van der Waals surface area contributed by atoms with Crippen LogP contribution in [0.4, 0.5) is 10.5 Å². The molecule has 0 bridgehead atoms. The van der Waals surface area contributed by atoms with Crippen LogP contribution in [0.1, 0.15) is 6.92 Å². The van der Waals surface area contributed by atoms with E-state index in [2.05, 4.69) is 15.8 Å². The van der Waals surface area contributed by atoms with E-state index in [4.69, 9.17) is 21.2 Å². The second kappa shape index (κ2) is 8.58. The van der Waals surface area contributed by atoms with Gasteiger partial charge in [-0.15, -0.1) is 0 Å². The first-order valence-electron chi connectivity index (χ1n) is 5.55. The summed E-state index contributed by atoms with van der Waals surface area (Å²) in [7, 11) is 0. The third-order valence-electron chi connectivity index (χ3n) is 1.82. The smallest absolute Gasteiger partial charge is 0.337 e. The van der Waals surface area contributed by atoms with Gasteiger partial charge in [0.15, 0.2) is 12.2 Å². The van der Waals surface area contributed by atoms with Crippen LogP contribution in [-0.2, 0) is 14.4 Å². The SMILES string of the molecule is CCON=C(NC(=O)Nc1ccc(Cl)cc1)OC=C=O. The highest BCUT2D eigenvalue weighted by atomic mass is 35.5. The van der Waals surface area contributed by atoms with Crippen molar-refractivity contribution >= 4 is 35.3 Å². The predicted molar refractivity (Wildman–Crippen MR) is 74.0 cm³/mol. The largest absolute Gasteiger partial charge is 0.420 e. The minimum absolute atomic E-state index is 0.276. The van der Waals surface area contributed by atoms with E-state index < -0.39 is 6.03 Å². The highest BCUT2D eigenvalue weighted by Crippen LogP contribution is 2.12.